The molecule has 0 aliphatic carbocycles. The molecule has 4 heteroatoms. The summed E-state index contributed by atoms with van der Waals surface area (Å²) in [5.41, 5.74) is 0. The highest BCUT2D eigenvalue weighted by Gasteiger charge is 2.14. The first-order chi connectivity index (χ1) is 4.59. The molecule has 0 aromatic rings. The van der Waals surface area contributed by atoms with Crippen molar-refractivity contribution in [2.75, 3.05) is 13.8 Å². The van der Waals surface area contributed by atoms with Gasteiger partial charge in [-0.15, -0.1) is 0 Å². The lowest BCUT2D eigenvalue weighted by atomic mass is 10.5. The summed E-state index contributed by atoms with van der Waals surface area (Å²) in [6, 6.07) is 0. The molecular formula is C6H15NO3. The van der Waals surface area contributed by atoms with Crippen LogP contribution in [0.25, 0.3) is 0 Å². The van der Waals surface area contributed by atoms with Gasteiger partial charge in [-0.3, -0.25) is 0 Å². The number of hydrogen-bond acceptors (Lipinski definition) is 4. The van der Waals surface area contributed by atoms with Crippen molar-refractivity contribution in [3.63, 3.8) is 0 Å². The maximum Gasteiger partial charge on any atom is 0.108 e. The highest BCUT2D eigenvalue weighted by atomic mass is 16.5. The zero-order valence-electron chi connectivity index (χ0n) is 6.61. The van der Waals surface area contributed by atoms with Crippen molar-refractivity contribution in [2.45, 2.75) is 26.3 Å². The zero-order chi connectivity index (χ0) is 8.15. The van der Waals surface area contributed by atoms with Gasteiger partial charge in [-0.2, -0.15) is 0 Å². The minimum Gasteiger partial charge on any atom is -0.379 e. The van der Waals surface area contributed by atoms with E-state index in [0.717, 1.165) is 0 Å². The van der Waals surface area contributed by atoms with Gasteiger partial charge in [-0.05, 0) is 13.8 Å². The monoisotopic (exact) mass is 149 g/mol. The summed E-state index contributed by atoms with van der Waals surface area (Å²) in [6.45, 7) is 3.38. The van der Waals surface area contributed by atoms with Gasteiger partial charge < -0.3 is 14.9 Å². The van der Waals surface area contributed by atoms with Gasteiger partial charge in [0.15, 0.2) is 0 Å². The third-order valence-corrected chi connectivity index (χ3v) is 1.24. The number of methoxy groups -OCH3 is 1. The quantitative estimate of drug-likeness (QED) is 0.532. The van der Waals surface area contributed by atoms with E-state index < -0.39 is 12.5 Å². The van der Waals surface area contributed by atoms with Crippen LogP contribution in [0.15, 0.2) is 0 Å². The fourth-order valence-corrected chi connectivity index (χ4v) is 0.677. The molecule has 0 aliphatic heterocycles. The Morgan fingerprint density at radius 2 is 1.70 bits per heavy atom. The first-order valence-corrected chi connectivity index (χ1v) is 3.20. The van der Waals surface area contributed by atoms with E-state index in [1.165, 1.54) is 12.0 Å². The highest BCUT2D eigenvalue weighted by molar-refractivity contribution is 4.52. The summed E-state index contributed by atoms with van der Waals surface area (Å²) < 4.78 is 4.73. The lowest BCUT2D eigenvalue weighted by molar-refractivity contribution is -0.130. The second-order valence-electron chi connectivity index (χ2n) is 2.20. The van der Waals surface area contributed by atoms with Gasteiger partial charge in [-0.25, -0.2) is 4.90 Å². The van der Waals surface area contributed by atoms with Gasteiger partial charge >= 0.3 is 0 Å². The first kappa shape index (κ1) is 9.84. The zero-order valence-corrected chi connectivity index (χ0v) is 6.61. The van der Waals surface area contributed by atoms with E-state index in [9.17, 15) is 0 Å². The summed E-state index contributed by atoms with van der Waals surface area (Å²) in [5, 5.41) is 18.0. The van der Waals surface area contributed by atoms with Gasteiger partial charge in [-0.1, -0.05) is 0 Å². The summed E-state index contributed by atoms with van der Waals surface area (Å²) >= 11 is 0. The molecule has 2 unspecified atom stereocenters. The Morgan fingerprint density at radius 1 is 1.30 bits per heavy atom. The number of aliphatic hydroxyl groups is 2. The van der Waals surface area contributed by atoms with Crippen molar-refractivity contribution in [1.82, 2.24) is 4.90 Å². The molecule has 0 aromatic heterocycles. The van der Waals surface area contributed by atoms with Gasteiger partial charge in [0.25, 0.3) is 0 Å². The van der Waals surface area contributed by atoms with Crippen molar-refractivity contribution in [3.8, 4) is 0 Å². The molecule has 62 valence electrons. The molecule has 0 bridgehead atoms. The topological polar surface area (TPSA) is 52.9 Å². The van der Waals surface area contributed by atoms with E-state index in [2.05, 4.69) is 0 Å². The Balaban J connectivity index is 3.73. The third kappa shape index (κ3) is 3.12. The van der Waals surface area contributed by atoms with Crippen LogP contribution in [0.4, 0.5) is 0 Å². The SMILES string of the molecule is COCN(C(C)O)C(C)O. The molecule has 0 aromatic carbocycles. The number of aliphatic hydroxyl groups excluding tert-OH is 2. The van der Waals surface area contributed by atoms with E-state index in [-0.39, 0.29) is 6.73 Å². The van der Waals surface area contributed by atoms with Crippen molar-refractivity contribution in [1.29, 1.82) is 0 Å². The Bertz CT molecular complexity index is 77.1. The number of ether oxygens (including phenoxy) is 1. The lowest BCUT2D eigenvalue weighted by Crippen LogP contribution is -2.41. The van der Waals surface area contributed by atoms with Crippen molar-refractivity contribution in [2.24, 2.45) is 0 Å². The van der Waals surface area contributed by atoms with Gasteiger partial charge in [0.1, 0.15) is 19.2 Å². The molecule has 0 saturated heterocycles. The van der Waals surface area contributed by atoms with E-state index in [4.69, 9.17) is 14.9 Å². The Morgan fingerprint density at radius 3 is 1.80 bits per heavy atom. The molecule has 0 spiro atoms. The minimum absolute atomic E-state index is 0.231. The predicted molar refractivity (Wildman–Crippen MR) is 37.1 cm³/mol. The molecule has 0 radical (unpaired) electrons. The van der Waals surface area contributed by atoms with Crippen LogP contribution in [0.1, 0.15) is 13.8 Å². The number of nitrogens with zero attached hydrogens (tertiary/aromatic N) is 1. The van der Waals surface area contributed by atoms with Gasteiger partial charge in [0.05, 0.1) is 0 Å². The van der Waals surface area contributed by atoms with Crippen LogP contribution in [-0.2, 0) is 4.74 Å². The smallest absolute Gasteiger partial charge is 0.108 e. The third-order valence-electron chi connectivity index (χ3n) is 1.24. The maximum atomic E-state index is 9.00. The molecule has 2 atom stereocenters. The van der Waals surface area contributed by atoms with Crippen molar-refractivity contribution < 1.29 is 14.9 Å². The average molecular weight is 149 g/mol. The molecule has 0 rings (SSSR count). The number of hydrogen-bond donors (Lipinski definition) is 2. The molecule has 0 heterocycles. The Hall–Kier alpha value is -0.160. The normalized spacial score (nSPS) is 17.4. The van der Waals surface area contributed by atoms with E-state index >= 15 is 0 Å². The van der Waals surface area contributed by atoms with Crippen LogP contribution in [0.5, 0.6) is 0 Å². The molecule has 0 aliphatic rings. The predicted octanol–water partition coefficient (Wildman–Crippen LogP) is -0.431. The van der Waals surface area contributed by atoms with Crippen LogP contribution >= 0.6 is 0 Å². The van der Waals surface area contributed by atoms with Crippen LogP contribution in [0.3, 0.4) is 0 Å². The largest absolute Gasteiger partial charge is 0.379 e. The summed E-state index contributed by atoms with van der Waals surface area (Å²) in [6.07, 6.45) is -1.36. The molecule has 0 amide bonds. The lowest BCUT2D eigenvalue weighted by Gasteiger charge is -2.26. The number of rotatable bonds is 4. The highest BCUT2D eigenvalue weighted by Crippen LogP contribution is 1.99. The first-order valence-electron chi connectivity index (χ1n) is 3.20. The van der Waals surface area contributed by atoms with Crippen molar-refractivity contribution >= 4 is 0 Å². The van der Waals surface area contributed by atoms with Crippen LogP contribution in [0, 0.1) is 0 Å². The molecule has 4 nitrogen and oxygen atoms in total. The molecule has 0 saturated carbocycles. The van der Waals surface area contributed by atoms with E-state index in [1.54, 1.807) is 13.8 Å². The van der Waals surface area contributed by atoms with Crippen LogP contribution in [0.2, 0.25) is 0 Å². The molecule has 0 fully saturated rings. The summed E-state index contributed by atoms with van der Waals surface area (Å²) in [5.74, 6) is 0. The fourth-order valence-electron chi connectivity index (χ4n) is 0.677. The standard InChI is InChI=1S/C6H15NO3/c1-5(8)7(4-10-3)6(2)9/h5-6,8-9H,4H2,1-3H3. The average Bonchev–Trinajstić information content (AvgIpc) is 1.81. The maximum absolute atomic E-state index is 9.00. The molecule has 10 heavy (non-hydrogen) atoms. The Labute approximate surface area is 61.0 Å². The van der Waals surface area contributed by atoms with Gasteiger partial charge in [0.2, 0.25) is 0 Å². The van der Waals surface area contributed by atoms with Crippen LogP contribution in [-0.4, -0.2) is 41.4 Å². The van der Waals surface area contributed by atoms with Gasteiger partial charge in [0, 0.05) is 7.11 Å². The van der Waals surface area contributed by atoms with Crippen molar-refractivity contribution in [3.05, 3.63) is 0 Å². The molecular weight excluding hydrogens is 134 g/mol. The second-order valence-corrected chi connectivity index (χ2v) is 2.20. The summed E-state index contributed by atoms with van der Waals surface area (Å²) in [4.78, 5) is 1.40. The minimum atomic E-state index is -0.681. The molecule has 2 N–H and O–H groups in total. The second kappa shape index (κ2) is 4.62. The summed E-state index contributed by atoms with van der Waals surface area (Å²) in [7, 11) is 1.51. The van der Waals surface area contributed by atoms with E-state index in [0.29, 0.717) is 0 Å². The fraction of sp³-hybridized carbons (Fsp3) is 1.00. The Kier molecular flexibility index (Phi) is 4.55. The van der Waals surface area contributed by atoms with Crippen LogP contribution < -0.4 is 0 Å². The van der Waals surface area contributed by atoms with E-state index in [1.807, 2.05) is 0 Å².